The molecule has 0 aromatic rings. The van der Waals surface area contributed by atoms with Gasteiger partial charge in [0.25, 0.3) is 0 Å². The van der Waals surface area contributed by atoms with Gasteiger partial charge in [-0.15, -0.1) is 11.6 Å². The van der Waals surface area contributed by atoms with Crippen molar-refractivity contribution in [1.29, 1.82) is 0 Å². The Morgan fingerprint density at radius 3 is 2.44 bits per heavy atom. The molecule has 0 saturated heterocycles. The van der Waals surface area contributed by atoms with Crippen molar-refractivity contribution in [3.8, 4) is 0 Å². The van der Waals surface area contributed by atoms with Crippen LogP contribution in [0.3, 0.4) is 0 Å². The Hall–Kier alpha value is -1.99. The number of ether oxygens (including phenoxy) is 2. The predicted molar refractivity (Wildman–Crippen MR) is 133 cm³/mol. The Bertz CT molecular complexity index is 1050. The van der Waals surface area contributed by atoms with Gasteiger partial charge in [-0.1, -0.05) is 46.3 Å². The van der Waals surface area contributed by atoms with E-state index in [1.54, 1.807) is 19.9 Å². The third kappa shape index (κ3) is 3.56. The highest BCUT2D eigenvalue weighted by molar-refractivity contribution is 6.26. The smallest absolute Gasteiger partial charge is 0.305 e. The van der Waals surface area contributed by atoms with E-state index in [1.165, 1.54) is 6.08 Å². The van der Waals surface area contributed by atoms with Crippen LogP contribution in [0.1, 0.15) is 73.1 Å². The van der Waals surface area contributed by atoms with Crippen LogP contribution < -0.4 is 0 Å². The summed E-state index contributed by atoms with van der Waals surface area (Å²) in [6.45, 7) is 8.59. The van der Waals surface area contributed by atoms with E-state index in [1.807, 2.05) is 26.8 Å². The molecule has 0 bridgehead atoms. The SMILES string of the molecule is CCC(=O)OCC(=O)[C@@]1(O)[C@@H](C)C[C@H]2C3CCC4=CC(=O)C=C[C@]4(C)[C@@]3(Cl)[C@@H](OC(=O)CC)C[C@@]21C. The quantitative estimate of drug-likeness (QED) is 0.415. The third-order valence-electron chi connectivity index (χ3n) is 9.84. The molecule has 1 unspecified atom stereocenters. The maximum atomic E-state index is 13.5. The molecule has 7 nitrogen and oxygen atoms in total. The molecule has 0 amide bonds. The topological polar surface area (TPSA) is 107 Å². The van der Waals surface area contributed by atoms with Gasteiger partial charge in [0, 0.05) is 23.7 Å². The van der Waals surface area contributed by atoms with Gasteiger partial charge < -0.3 is 14.6 Å². The third-order valence-corrected chi connectivity index (χ3v) is 10.8. The summed E-state index contributed by atoms with van der Waals surface area (Å²) in [5, 5.41) is 12.1. The molecule has 198 valence electrons. The molecule has 8 heteroatoms. The van der Waals surface area contributed by atoms with E-state index in [0.29, 0.717) is 19.3 Å². The molecule has 0 spiro atoms. The average molecular weight is 521 g/mol. The minimum Gasteiger partial charge on any atom is -0.460 e. The molecular formula is C28H37ClO7. The molecule has 4 rings (SSSR count). The van der Waals surface area contributed by atoms with Crippen molar-refractivity contribution < 1.29 is 33.8 Å². The van der Waals surface area contributed by atoms with Crippen LogP contribution in [0, 0.1) is 28.6 Å². The van der Waals surface area contributed by atoms with Gasteiger partial charge >= 0.3 is 11.9 Å². The second-order valence-corrected chi connectivity index (χ2v) is 12.0. The molecule has 3 fully saturated rings. The fourth-order valence-corrected chi connectivity index (χ4v) is 8.40. The number of halogens is 1. The second kappa shape index (κ2) is 9.09. The number of ketones is 2. The van der Waals surface area contributed by atoms with Crippen LogP contribution in [0.2, 0.25) is 0 Å². The zero-order valence-electron chi connectivity index (χ0n) is 21.8. The first kappa shape index (κ1) is 27.1. The monoisotopic (exact) mass is 520 g/mol. The van der Waals surface area contributed by atoms with E-state index in [9.17, 15) is 24.3 Å². The number of hydrogen-bond donors (Lipinski definition) is 1. The van der Waals surface area contributed by atoms with Gasteiger partial charge in [-0.25, -0.2) is 0 Å². The summed E-state index contributed by atoms with van der Waals surface area (Å²) >= 11 is 7.66. The standard InChI is InChI=1S/C28H37ClO7/c1-6-23(32)35-15-21(31)28(34)16(3)12-20-19-9-8-17-13-18(30)10-11-25(17,4)27(19,29)22(14-26(20,28)5)36-24(33)7-2/h10-11,13,16,19-20,22,34H,6-9,12,14-15H2,1-5H3/t16-,19?,20-,22-,25-,26-,27-,28-/m0/s1. The number of Topliss-reactive ketones (excluding diaryl/α,β-unsaturated/α-hetero) is 1. The van der Waals surface area contributed by atoms with Crippen molar-refractivity contribution >= 4 is 35.1 Å². The van der Waals surface area contributed by atoms with E-state index in [-0.39, 0.29) is 36.9 Å². The number of esters is 2. The van der Waals surface area contributed by atoms with Crippen LogP contribution >= 0.6 is 11.6 Å². The molecule has 0 heterocycles. The van der Waals surface area contributed by atoms with Crippen LogP contribution in [0.15, 0.2) is 23.8 Å². The minimum atomic E-state index is -1.77. The normalized spacial score (nSPS) is 43.1. The summed E-state index contributed by atoms with van der Waals surface area (Å²) in [5.74, 6) is -2.26. The van der Waals surface area contributed by atoms with Gasteiger partial charge in [0.2, 0.25) is 5.78 Å². The van der Waals surface area contributed by atoms with Crippen LogP contribution in [-0.4, -0.2) is 51.8 Å². The van der Waals surface area contributed by atoms with Crippen molar-refractivity contribution in [2.75, 3.05) is 6.61 Å². The fourth-order valence-electron chi connectivity index (χ4n) is 7.83. The molecule has 1 N–H and O–H groups in total. The van der Waals surface area contributed by atoms with Gasteiger partial charge in [-0.3, -0.25) is 19.2 Å². The van der Waals surface area contributed by atoms with Gasteiger partial charge in [0.15, 0.2) is 12.4 Å². The lowest BCUT2D eigenvalue weighted by molar-refractivity contribution is -0.192. The lowest BCUT2D eigenvalue weighted by Gasteiger charge is -2.64. The van der Waals surface area contributed by atoms with Gasteiger partial charge in [-0.2, -0.15) is 0 Å². The zero-order chi connectivity index (χ0) is 26.7. The molecular weight excluding hydrogens is 484 g/mol. The summed E-state index contributed by atoms with van der Waals surface area (Å²) in [6.07, 6.45) is 6.57. The van der Waals surface area contributed by atoms with Crippen molar-refractivity contribution in [2.24, 2.45) is 28.6 Å². The Balaban J connectivity index is 1.80. The number of carbonyl (C=O) groups is 4. The molecule has 0 aliphatic heterocycles. The maximum Gasteiger partial charge on any atom is 0.305 e. The Labute approximate surface area is 217 Å². The van der Waals surface area contributed by atoms with E-state index in [4.69, 9.17) is 21.1 Å². The fraction of sp³-hybridized carbons (Fsp3) is 0.714. The Morgan fingerprint density at radius 2 is 1.81 bits per heavy atom. The number of aliphatic hydroxyl groups is 1. The van der Waals surface area contributed by atoms with Gasteiger partial charge in [0.1, 0.15) is 11.7 Å². The van der Waals surface area contributed by atoms with Crippen LogP contribution in [0.25, 0.3) is 0 Å². The lowest BCUT2D eigenvalue weighted by atomic mass is 9.45. The summed E-state index contributed by atoms with van der Waals surface area (Å²) in [6, 6.07) is 0. The minimum absolute atomic E-state index is 0.0833. The van der Waals surface area contributed by atoms with Gasteiger partial charge in [0.05, 0.1) is 4.87 Å². The predicted octanol–water partition coefficient (Wildman–Crippen LogP) is 4.09. The molecule has 0 radical (unpaired) electrons. The number of hydrogen-bond acceptors (Lipinski definition) is 7. The van der Waals surface area contributed by atoms with Crippen LogP contribution in [-0.2, 0) is 28.7 Å². The first-order valence-electron chi connectivity index (χ1n) is 13.0. The first-order valence-corrected chi connectivity index (χ1v) is 13.4. The number of allylic oxidation sites excluding steroid dienone is 4. The van der Waals surface area contributed by atoms with Crippen LogP contribution in [0.4, 0.5) is 0 Å². The number of rotatable bonds is 6. The average Bonchev–Trinajstić information content (AvgIpc) is 3.04. The highest BCUT2D eigenvalue weighted by Crippen LogP contribution is 2.71. The van der Waals surface area contributed by atoms with Crippen LogP contribution in [0.5, 0.6) is 0 Å². The lowest BCUT2D eigenvalue weighted by Crippen LogP contribution is -2.69. The summed E-state index contributed by atoms with van der Waals surface area (Å²) < 4.78 is 11.2. The molecule has 0 aromatic carbocycles. The van der Waals surface area contributed by atoms with Crippen molar-refractivity contribution in [3.05, 3.63) is 23.8 Å². The molecule has 4 aliphatic carbocycles. The molecule has 36 heavy (non-hydrogen) atoms. The van der Waals surface area contributed by atoms with Crippen molar-refractivity contribution in [3.63, 3.8) is 0 Å². The number of alkyl halides is 1. The molecule has 3 saturated carbocycles. The summed E-state index contributed by atoms with van der Waals surface area (Å²) in [5.41, 5.74) is -2.52. The van der Waals surface area contributed by atoms with E-state index >= 15 is 0 Å². The second-order valence-electron chi connectivity index (χ2n) is 11.4. The molecule has 0 aromatic heterocycles. The zero-order valence-corrected chi connectivity index (χ0v) is 22.5. The first-order chi connectivity index (χ1) is 16.8. The highest BCUT2D eigenvalue weighted by atomic mass is 35.5. The number of carbonyl (C=O) groups excluding carboxylic acids is 4. The summed E-state index contributed by atoms with van der Waals surface area (Å²) in [4.78, 5) is 49.0. The summed E-state index contributed by atoms with van der Waals surface area (Å²) in [7, 11) is 0. The highest BCUT2D eigenvalue weighted by Gasteiger charge is 2.75. The van der Waals surface area contributed by atoms with Crippen molar-refractivity contribution in [2.45, 2.75) is 89.7 Å². The van der Waals surface area contributed by atoms with E-state index in [2.05, 4.69) is 0 Å². The Kier molecular flexibility index (Phi) is 6.83. The van der Waals surface area contributed by atoms with Crippen molar-refractivity contribution in [1.82, 2.24) is 0 Å². The molecule has 8 atom stereocenters. The Morgan fingerprint density at radius 1 is 1.14 bits per heavy atom. The largest absolute Gasteiger partial charge is 0.460 e. The van der Waals surface area contributed by atoms with E-state index in [0.717, 1.165) is 5.57 Å². The van der Waals surface area contributed by atoms with Gasteiger partial charge in [-0.05, 0) is 55.6 Å². The van der Waals surface area contributed by atoms with E-state index < -0.39 is 57.7 Å². The molecule has 4 aliphatic rings. The maximum absolute atomic E-state index is 13.5. The number of fused-ring (bicyclic) bond motifs is 5.